The topological polar surface area (TPSA) is 87.2 Å². The van der Waals surface area contributed by atoms with Crippen LogP contribution in [0, 0.1) is 11.8 Å². The van der Waals surface area contributed by atoms with E-state index in [4.69, 9.17) is 4.74 Å². The third-order valence-electron chi connectivity index (χ3n) is 4.70. The van der Waals surface area contributed by atoms with Crippen molar-refractivity contribution in [2.24, 2.45) is 0 Å². The molecule has 0 atom stereocenters. The van der Waals surface area contributed by atoms with Crippen molar-refractivity contribution in [2.75, 3.05) is 38.2 Å². The van der Waals surface area contributed by atoms with Crippen molar-refractivity contribution >= 4 is 29.3 Å². The first-order valence-corrected chi connectivity index (χ1v) is 9.05. The van der Waals surface area contributed by atoms with Crippen LogP contribution in [0.2, 0.25) is 0 Å². The Morgan fingerprint density at radius 2 is 1.61 bits per heavy atom. The summed E-state index contributed by atoms with van der Waals surface area (Å²) in [5.74, 6) is 4.34. The first-order chi connectivity index (χ1) is 13.5. The summed E-state index contributed by atoms with van der Waals surface area (Å²) in [7, 11) is 1.51. The van der Waals surface area contributed by atoms with E-state index in [1.54, 1.807) is 24.3 Å². The lowest BCUT2D eigenvalue weighted by molar-refractivity contribution is -0.147. The number of methoxy groups -OCH3 is 1. The second-order valence-corrected chi connectivity index (χ2v) is 6.44. The number of anilines is 1. The molecule has 2 aliphatic rings. The average Bonchev–Trinajstić information content (AvgIpc) is 2.70. The minimum atomic E-state index is -0.642. The van der Waals surface area contributed by atoms with E-state index in [0.29, 0.717) is 43.8 Å². The maximum Gasteiger partial charge on any atom is 0.316 e. The molecule has 146 valence electrons. The Morgan fingerprint density at radius 1 is 0.929 bits per heavy atom. The number of ether oxygens (including phenoxy) is 1. The smallest absolute Gasteiger partial charge is 0.316 e. The summed E-state index contributed by atoms with van der Waals surface area (Å²) in [4.78, 5) is 52.3. The van der Waals surface area contributed by atoms with E-state index in [9.17, 15) is 19.2 Å². The zero-order valence-corrected chi connectivity index (χ0v) is 15.6. The van der Waals surface area contributed by atoms with Crippen LogP contribution in [0.5, 0.6) is 5.75 Å². The zero-order chi connectivity index (χ0) is 20.1. The number of carbonyl (C=O) groups is 4. The van der Waals surface area contributed by atoms with Gasteiger partial charge in [0.25, 0.3) is 0 Å². The van der Waals surface area contributed by atoms with Crippen molar-refractivity contribution in [3.8, 4) is 17.6 Å². The lowest BCUT2D eigenvalue weighted by Gasteiger charge is -2.33. The van der Waals surface area contributed by atoms with Gasteiger partial charge in [-0.2, -0.15) is 0 Å². The van der Waals surface area contributed by atoms with E-state index in [1.807, 2.05) is 0 Å². The molecule has 0 saturated carbocycles. The minimum absolute atomic E-state index is 0.0149. The highest BCUT2D eigenvalue weighted by Crippen LogP contribution is 2.29. The molecule has 2 saturated heterocycles. The lowest BCUT2D eigenvalue weighted by atomic mass is 10.1. The molecule has 0 N–H and O–H groups in total. The van der Waals surface area contributed by atoms with Gasteiger partial charge in [-0.3, -0.25) is 29.0 Å². The first-order valence-electron chi connectivity index (χ1n) is 9.05. The highest BCUT2D eigenvalue weighted by atomic mass is 16.5. The van der Waals surface area contributed by atoms with Crippen LogP contribution in [0.25, 0.3) is 0 Å². The third-order valence-corrected chi connectivity index (χ3v) is 4.70. The SMILES string of the molecule is COc1ccccc1N1CCN(CC#CCN2C(=O)CCCC2=O)C(=O)C1=O. The highest BCUT2D eigenvalue weighted by Gasteiger charge is 2.34. The van der Waals surface area contributed by atoms with Gasteiger partial charge in [-0.25, -0.2) is 0 Å². The number of carbonyl (C=O) groups excluding carboxylic acids is 4. The highest BCUT2D eigenvalue weighted by molar-refractivity contribution is 6.41. The van der Waals surface area contributed by atoms with E-state index in [-0.39, 0.29) is 24.9 Å². The van der Waals surface area contributed by atoms with E-state index < -0.39 is 11.8 Å². The Labute approximate surface area is 163 Å². The van der Waals surface area contributed by atoms with Crippen molar-refractivity contribution in [3.05, 3.63) is 24.3 Å². The summed E-state index contributed by atoms with van der Waals surface area (Å²) < 4.78 is 5.26. The van der Waals surface area contributed by atoms with Crippen LogP contribution >= 0.6 is 0 Å². The van der Waals surface area contributed by atoms with Crippen molar-refractivity contribution in [3.63, 3.8) is 0 Å². The number of piperidine rings is 1. The van der Waals surface area contributed by atoms with Crippen LogP contribution < -0.4 is 9.64 Å². The molecule has 0 radical (unpaired) electrons. The molecule has 4 amide bonds. The van der Waals surface area contributed by atoms with Crippen molar-refractivity contribution in [1.29, 1.82) is 0 Å². The predicted molar refractivity (Wildman–Crippen MR) is 100 cm³/mol. The number of hydrogen-bond acceptors (Lipinski definition) is 5. The number of imide groups is 1. The molecule has 0 spiro atoms. The largest absolute Gasteiger partial charge is 0.495 e. The molecule has 2 aliphatic heterocycles. The van der Waals surface area contributed by atoms with Gasteiger partial charge in [-0.1, -0.05) is 24.0 Å². The molecular weight excluding hydrogens is 362 g/mol. The number of amides is 4. The van der Waals surface area contributed by atoms with E-state index in [1.165, 1.54) is 16.9 Å². The number of piperazine rings is 1. The van der Waals surface area contributed by atoms with Crippen LogP contribution in [0.15, 0.2) is 24.3 Å². The number of likely N-dealkylation sites (tertiary alicyclic amines) is 1. The molecule has 2 fully saturated rings. The van der Waals surface area contributed by atoms with Gasteiger partial charge in [0.1, 0.15) is 5.75 Å². The van der Waals surface area contributed by atoms with Gasteiger partial charge in [0.05, 0.1) is 25.9 Å². The molecule has 0 unspecified atom stereocenters. The predicted octanol–water partition coefficient (Wildman–Crippen LogP) is 0.413. The molecule has 8 nitrogen and oxygen atoms in total. The first kappa shape index (κ1) is 19.4. The molecule has 0 aromatic heterocycles. The average molecular weight is 383 g/mol. The van der Waals surface area contributed by atoms with Crippen molar-refractivity contribution in [1.82, 2.24) is 9.80 Å². The van der Waals surface area contributed by atoms with E-state index in [0.717, 1.165) is 4.90 Å². The summed E-state index contributed by atoms with van der Waals surface area (Å²) in [5.41, 5.74) is 0.552. The molecule has 3 rings (SSSR count). The summed E-state index contributed by atoms with van der Waals surface area (Å²) >= 11 is 0. The Bertz CT molecular complexity index is 854. The van der Waals surface area contributed by atoms with E-state index >= 15 is 0 Å². The second kappa shape index (κ2) is 8.57. The fourth-order valence-electron chi connectivity index (χ4n) is 3.17. The van der Waals surface area contributed by atoms with E-state index in [2.05, 4.69) is 11.8 Å². The van der Waals surface area contributed by atoms with Gasteiger partial charge in [0, 0.05) is 25.9 Å². The molecule has 2 heterocycles. The number of rotatable bonds is 4. The second-order valence-electron chi connectivity index (χ2n) is 6.44. The number of benzene rings is 1. The molecular formula is C20H21N3O5. The molecule has 1 aromatic carbocycles. The Kier molecular flexibility index (Phi) is 5.94. The summed E-state index contributed by atoms with van der Waals surface area (Å²) in [6.45, 7) is 0.746. The van der Waals surface area contributed by atoms with Gasteiger partial charge >= 0.3 is 11.8 Å². The number of hydrogen-bond donors (Lipinski definition) is 0. The number of para-hydroxylation sites is 2. The Balaban J connectivity index is 1.60. The van der Waals surface area contributed by atoms with Gasteiger partial charge < -0.3 is 9.64 Å². The van der Waals surface area contributed by atoms with Crippen molar-refractivity contribution in [2.45, 2.75) is 19.3 Å². The standard InChI is InChI=1S/C20H21N3O5/c1-28-16-8-3-2-7-15(16)22-14-13-21(19(26)20(22)27)11-4-5-12-23-17(24)9-6-10-18(23)25/h2-3,7-8H,6,9-14H2,1H3. The van der Waals surface area contributed by atoms with Crippen LogP contribution in [0.4, 0.5) is 5.69 Å². The maximum absolute atomic E-state index is 12.5. The minimum Gasteiger partial charge on any atom is -0.495 e. The maximum atomic E-state index is 12.5. The molecule has 8 heteroatoms. The van der Waals surface area contributed by atoms with Gasteiger partial charge in [-0.15, -0.1) is 0 Å². The van der Waals surface area contributed by atoms with Crippen LogP contribution in [0.3, 0.4) is 0 Å². The Hall–Kier alpha value is -3.34. The Morgan fingerprint density at radius 3 is 2.32 bits per heavy atom. The quantitative estimate of drug-likeness (QED) is 0.427. The molecule has 0 bridgehead atoms. The summed E-state index contributed by atoms with van der Waals surface area (Å²) in [5, 5.41) is 0. The number of nitrogens with zero attached hydrogens (tertiary/aromatic N) is 3. The molecule has 28 heavy (non-hydrogen) atoms. The van der Waals surface area contributed by atoms with Crippen LogP contribution in [0.1, 0.15) is 19.3 Å². The monoisotopic (exact) mass is 383 g/mol. The van der Waals surface area contributed by atoms with Crippen molar-refractivity contribution < 1.29 is 23.9 Å². The zero-order valence-electron chi connectivity index (χ0n) is 15.6. The fourth-order valence-corrected chi connectivity index (χ4v) is 3.17. The third kappa shape index (κ3) is 3.98. The van der Waals surface area contributed by atoms with Gasteiger partial charge in [0.2, 0.25) is 11.8 Å². The summed E-state index contributed by atoms with van der Waals surface area (Å²) in [6.07, 6.45) is 1.28. The lowest BCUT2D eigenvalue weighted by Crippen LogP contribution is -2.54. The molecule has 0 aliphatic carbocycles. The normalized spacial score (nSPS) is 17.5. The van der Waals surface area contributed by atoms with Gasteiger partial charge in [0.15, 0.2) is 0 Å². The fraction of sp³-hybridized carbons (Fsp3) is 0.400. The summed E-state index contributed by atoms with van der Waals surface area (Å²) in [6, 6.07) is 7.02. The molecule has 1 aromatic rings. The van der Waals surface area contributed by atoms with Gasteiger partial charge in [-0.05, 0) is 18.6 Å². The van der Waals surface area contributed by atoms with Crippen LogP contribution in [-0.2, 0) is 19.2 Å². The van der Waals surface area contributed by atoms with Crippen LogP contribution in [-0.4, -0.2) is 66.7 Å².